The van der Waals surface area contributed by atoms with Crippen LogP contribution in [0.2, 0.25) is 0 Å². The third-order valence-electron chi connectivity index (χ3n) is 2.97. The molecule has 0 aliphatic rings. The Kier molecular flexibility index (Phi) is 3.07. The van der Waals surface area contributed by atoms with E-state index in [0.717, 1.165) is 5.56 Å². The molecule has 3 aromatic heterocycles. The van der Waals surface area contributed by atoms with Gasteiger partial charge < -0.3 is 5.73 Å². The molecule has 0 bridgehead atoms. The van der Waals surface area contributed by atoms with Gasteiger partial charge in [-0.1, -0.05) is 0 Å². The number of hydrogen-bond donors (Lipinski definition) is 2. The molecule has 3 N–H and O–H groups in total. The monoisotopic (exact) mass is 304 g/mol. The van der Waals surface area contributed by atoms with Gasteiger partial charge in [0.2, 0.25) is 16.0 Å². The van der Waals surface area contributed by atoms with Gasteiger partial charge in [0.25, 0.3) is 0 Å². The summed E-state index contributed by atoms with van der Waals surface area (Å²) in [7, 11) is -2.18. The number of rotatable bonds is 3. The van der Waals surface area contributed by atoms with Crippen molar-refractivity contribution >= 4 is 21.6 Å². The number of fused-ring (bicyclic) bond motifs is 1. The molecule has 21 heavy (non-hydrogen) atoms. The Bertz CT molecular complexity index is 918. The van der Waals surface area contributed by atoms with E-state index in [-0.39, 0.29) is 10.8 Å². The minimum atomic E-state index is -3.53. The molecule has 0 aliphatic heterocycles. The Morgan fingerprint density at radius 3 is 2.81 bits per heavy atom. The second-order valence-corrected chi connectivity index (χ2v) is 6.19. The zero-order valence-corrected chi connectivity index (χ0v) is 11.9. The fourth-order valence-electron chi connectivity index (χ4n) is 1.91. The molecule has 0 aliphatic carbocycles. The molecule has 0 saturated heterocycles. The van der Waals surface area contributed by atoms with Crippen LogP contribution in [0.1, 0.15) is 0 Å². The van der Waals surface area contributed by atoms with Crippen molar-refractivity contribution in [3.05, 3.63) is 36.8 Å². The molecule has 3 heterocycles. The van der Waals surface area contributed by atoms with Crippen molar-refractivity contribution in [3.63, 3.8) is 0 Å². The highest BCUT2D eigenvalue weighted by molar-refractivity contribution is 7.89. The van der Waals surface area contributed by atoms with E-state index in [0.29, 0.717) is 11.2 Å². The Balaban J connectivity index is 2.12. The molecule has 0 aromatic carbocycles. The van der Waals surface area contributed by atoms with Crippen LogP contribution in [0.5, 0.6) is 0 Å². The van der Waals surface area contributed by atoms with Crippen molar-refractivity contribution < 1.29 is 8.42 Å². The highest BCUT2D eigenvalue weighted by atomic mass is 32.2. The molecule has 0 saturated carbocycles. The van der Waals surface area contributed by atoms with Crippen LogP contribution in [0.3, 0.4) is 0 Å². The topological polar surface area (TPSA) is 115 Å². The van der Waals surface area contributed by atoms with Gasteiger partial charge in [0.1, 0.15) is 4.90 Å². The van der Waals surface area contributed by atoms with E-state index in [1.54, 1.807) is 30.6 Å². The van der Waals surface area contributed by atoms with E-state index in [4.69, 9.17) is 5.73 Å². The average molecular weight is 304 g/mol. The molecular weight excluding hydrogens is 292 g/mol. The summed E-state index contributed by atoms with van der Waals surface area (Å²) in [6, 6.07) is 5.09. The summed E-state index contributed by atoms with van der Waals surface area (Å²) < 4.78 is 27.4. The molecule has 8 nitrogen and oxygen atoms in total. The Labute approximate surface area is 120 Å². The van der Waals surface area contributed by atoms with Crippen molar-refractivity contribution in [1.82, 2.24) is 24.3 Å². The Morgan fingerprint density at radius 2 is 2.05 bits per heavy atom. The van der Waals surface area contributed by atoms with Crippen molar-refractivity contribution in [3.8, 4) is 11.1 Å². The minimum absolute atomic E-state index is 0.0979. The van der Waals surface area contributed by atoms with Gasteiger partial charge >= 0.3 is 0 Å². The van der Waals surface area contributed by atoms with Gasteiger partial charge in [-0.25, -0.2) is 17.7 Å². The first-order valence-corrected chi connectivity index (χ1v) is 7.49. The number of hydrogen-bond acceptors (Lipinski definition) is 6. The van der Waals surface area contributed by atoms with Crippen LogP contribution in [0.4, 0.5) is 5.95 Å². The molecule has 0 amide bonds. The standard InChI is InChI=1S/C12H12N6O2S/c1-14-21(19,20)10-4-9(5-15-6-10)8-2-3-11-16-12(13)17-18(11)7-8/h2-7,14H,1H3,(H2,13,17). The molecule has 0 atom stereocenters. The summed E-state index contributed by atoms with van der Waals surface area (Å²) in [6.07, 6.45) is 4.59. The van der Waals surface area contributed by atoms with Crippen LogP contribution in [0.15, 0.2) is 41.7 Å². The summed E-state index contributed by atoms with van der Waals surface area (Å²) in [5, 5.41) is 4.02. The second kappa shape index (κ2) is 4.79. The minimum Gasteiger partial charge on any atom is -0.366 e. The Morgan fingerprint density at radius 1 is 1.24 bits per heavy atom. The third-order valence-corrected chi connectivity index (χ3v) is 4.35. The molecule has 0 spiro atoms. The molecular formula is C12H12N6O2S. The fraction of sp³-hybridized carbons (Fsp3) is 0.0833. The maximum absolute atomic E-state index is 11.8. The normalized spacial score (nSPS) is 11.9. The van der Waals surface area contributed by atoms with Crippen molar-refractivity contribution in [2.75, 3.05) is 12.8 Å². The first-order chi connectivity index (χ1) is 9.99. The maximum Gasteiger partial charge on any atom is 0.241 e. The number of anilines is 1. The fourth-order valence-corrected chi connectivity index (χ4v) is 2.63. The number of sulfonamides is 1. The van der Waals surface area contributed by atoms with Gasteiger partial charge in [0.15, 0.2) is 5.65 Å². The molecule has 0 unspecified atom stereocenters. The largest absolute Gasteiger partial charge is 0.366 e. The summed E-state index contributed by atoms with van der Waals surface area (Å²) in [4.78, 5) is 8.10. The van der Waals surface area contributed by atoms with Gasteiger partial charge in [0.05, 0.1) is 0 Å². The lowest BCUT2D eigenvalue weighted by molar-refractivity contribution is 0.588. The van der Waals surface area contributed by atoms with Crippen LogP contribution in [-0.4, -0.2) is 35.0 Å². The highest BCUT2D eigenvalue weighted by Gasteiger charge is 2.13. The molecule has 9 heteroatoms. The number of nitrogens with zero attached hydrogens (tertiary/aromatic N) is 4. The zero-order valence-electron chi connectivity index (χ0n) is 11.1. The number of pyridine rings is 2. The lowest BCUT2D eigenvalue weighted by Gasteiger charge is -2.05. The number of nitrogens with two attached hydrogens (primary N) is 1. The van der Waals surface area contributed by atoms with Gasteiger partial charge in [-0.2, -0.15) is 4.98 Å². The summed E-state index contributed by atoms with van der Waals surface area (Å²) in [5.41, 5.74) is 7.56. The van der Waals surface area contributed by atoms with E-state index in [1.165, 1.54) is 17.8 Å². The quantitative estimate of drug-likeness (QED) is 0.718. The van der Waals surface area contributed by atoms with E-state index in [9.17, 15) is 8.42 Å². The van der Waals surface area contributed by atoms with Gasteiger partial charge in [0, 0.05) is 29.7 Å². The van der Waals surface area contributed by atoms with Gasteiger partial charge in [-0.15, -0.1) is 5.10 Å². The average Bonchev–Trinajstić information content (AvgIpc) is 2.86. The molecule has 0 radical (unpaired) electrons. The van der Waals surface area contributed by atoms with E-state index in [1.807, 2.05) is 0 Å². The number of aromatic nitrogens is 4. The lowest BCUT2D eigenvalue weighted by atomic mass is 10.1. The van der Waals surface area contributed by atoms with Crippen molar-refractivity contribution in [1.29, 1.82) is 0 Å². The maximum atomic E-state index is 11.8. The van der Waals surface area contributed by atoms with Crippen LogP contribution in [0.25, 0.3) is 16.8 Å². The Hall–Kier alpha value is -2.52. The van der Waals surface area contributed by atoms with Crippen LogP contribution in [-0.2, 0) is 10.0 Å². The van der Waals surface area contributed by atoms with E-state index in [2.05, 4.69) is 19.8 Å². The van der Waals surface area contributed by atoms with Crippen LogP contribution >= 0.6 is 0 Å². The molecule has 3 rings (SSSR count). The zero-order chi connectivity index (χ0) is 15.0. The molecule has 3 aromatic rings. The van der Waals surface area contributed by atoms with E-state index < -0.39 is 10.0 Å². The SMILES string of the molecule is CNS(=O)(=O)c1cncc(-c2ccc3nc(N)nn3c2)c1. The highest BCUT2D eigenvalue weighted by Crippen LogP contribution is 2.21. The molecule has 0 fully saturated rings. The summed E-state index contributed by atoms with van der Waals surface area (Å²) in [5.74, 6) is 0.178. The lowest BCUT2D eigenvalue weighted by Crippen LogP contribution is -2.18. The number of nitrogen functional groups attached to an aromatic ring is 1. The van der Waals surface area contributed by atoms with Crippen molar-refractivity contribution in [2.24, 2.45) is 0 Å². The van der Waals surface area contributed by atoms with Crippen molar-refractivity contribution in [2.45, 2.75) is 4.90 Å². The van der Waals surface area contributed by atoms with Crippen LogP contribution < -0.4 is 10.5 Å². The third kappa shape index (κ3) is 2.43. The smallest absolute Gasteiger partial charge is 0.241 e. The predicted octanol–water partition coefficient (Wildman–Crippen LogP) is 0.282. The van der Waals surface area contributed by atoms with E-state index >= 15 is 0 Å². The summed E-state index contributed by atoms with van der Waals surface area (Å²) in [6.45, 7) is 0. The first-order valence-electron chi connectivity index (χ1n) is 6.00. The van der Waals surface area contributed by atoms with Crippen LogP contribution in [0, 0.1) is 0 Å². The summed E-state index contributed by atoms with van der Waals surface area (Å²) >= 11 is 0. The predicted molar refractivity (Wildman–Crippen MR) is 76.9 cm³/mol. The second-order valence-electron chi connectivity index (χ2n) is 4.31. The van der Waals surface area contributed by atoms with Gasteiger partial charge in [-0.05, 0) is 25.2 Å². The number of nitrogens with one attached hydrogen (secondary N) is 1. The molecule has 108 valence electrons. The first kappa shape index (κ1) is 13.5. The van der Waals surface area contributed by atoms with Gasteiger partial charge in [-0.3, -0.25) is 4.98 Å².